The normalized spacial score (nSPS) is 20.3. The number of aryl methyl sites for hydroxylation is 2. The number of hydrogen-bond acceptors (Lipinski definition) is 2. The maximum Gasteiger partial charge on any atom is 0.224 e. The molecule has 1 aromatic carbocycles. The molecule has 1 fully saturated rings. The van der Waals surface area contributed by atoms with Crippen LogP contribution in [0.4, 0.5) is 0 Å². The van der Waals surface area contributed by atoms with Crippen molar-refractivity contribution in [3.05, 3.63) is 35.5 Å². The first-order chi connectivity index (χ1) is 13.1. The van der Waals surface area contributed by atoms with E-state index in [1.54, 1.807) is 0 Å². The topological polar surface area (TPSA) is 28.5 Å². The number of hydrogen-bond donors (Lipinski definition) is 0. The van der Waals surface area contributed by atoms with Crippen LogP contribution in [0.2, 0.25) is 0 Å². The summed E-state index contributed by atoms with van der Waals surface area (Å²) in [6.45, 7) is 3.78. The predicted molar refractivity (Wildman–Crippen MR) is 111 cm³/mol. The van der Waals surface area contributed by atoms with Crippen molar-refractivity contribution in [3.63, 3.8) is 0 Å². The molecule has 146 valence electrons. The molecule has 0 radical (unpaired) electrons. The maximum atomic E-state index is 12.9. The molecule has 2 aromatic rings. The summed E-state index contributed by atoms with van der Waals surface area (Å²) in [5.74, 6) is 0.957. The molecule has 1 aromatic heterocycles. The number of fused-ring (bicyclic) bond motifs is 3. The van der Waals surface area contributed by atoms with Crippen molar-refractivity contribution < 1.29 is 4.79 Å². The molecule has 4 heteroatoms. The van der Waals surface area contributed by atoms with Crippen LogP contribution in [0.1, 0.15) is 43.4 Å². The van der Waals surface area contributed by atoms with E-state index in [2.05, 4.69) is 52.7 Å². The Morgan fingerprint density at radius 3 is 2.81 bits per heavy atom. The highest BCUT2D eigenvalue weighted by atomic mass is 16.2. The molecule has 4 rings (SSSR count). The molecule has 27 heavy (non-hydrogen) atoms. The van der Waals surface area contributed by atoms with Crippen LogP contribution in [-0.4, -0.2) is 54.0 Å². The van der Waals surface area contributed by atoms with Crippen molar-refractivity contribution >= 4 is 16.8 Å². The Morgan fingerprint density at radius 2 is 1.96 bits per heavy atom. The van der Waals surface area contributed by atoms with E-state index in [0.717, 1.165) is 39.0 Å². The highest BCUT2D eigenvalue weighted by Gasteiger charge is 2.25. The zero-order valence-electron chi connectivity index (χ0n) is 16.9. The summed E-state index contributed by atoms with van der Waals surface area (Å²) in [6.07, 6.45) is 7.93. The molecule has 2 aliphatic rings. The summed E-state index contributed by atoms with van der Waals surface area (Å²) in [4.78, 5) is 17.3. The number of nitrogens with zero attached hydrogens (tertiary/aromatic N) is 3. The molecule has 0 unspecified atom stereocenters. The van der Waals surface area contributed by atoms with E-state index < -0.39 is 0 Å². The van der Waals surface area contributed by atoms with E-state index in [-0.39, 0.29) is 0 Å². The number of rotatable bonds is 5. The van der Waals surface area contributed by atoms with Gasteiger partial charge in [-0.25, -0.2) is 0 Å². The second-order valence-electron chi connectivity index (χ2n) is 8.66. The van der Waals surface area contributed by atoms with Crippen LogP contribution in [0, 0.1) is 5.92 Å². The second-order valence-corrected chi connectivity index (χ2v) is 8.66. The molecule has 1 saturated heterocycles. The van der Waals surface area contributed by atoms with Gasteiger partial charge in [0.1, 0.15) is 0 Å². The molecule has 4 nitrogen and oxygen atoms in total. The average molecular weight is 368 g/mol. The summed E-state index contributed by atoms with van der Waals surface area (Å²) in [7, 11) is 4.25. The number of piperidine rings is 1. The zero-order valence-corrected chi connectivity index (χ0v) is 16.9. The lowest BCUT2D eigenvalue weighted by Gasteiger charge is -2.34. The summed E-state index contributed by atoms with van der Waals surface area (Å²) in [6, 6.07) is 8.76. The number of benzene rings is 1. The third-order valence-corrected chi connectivity index (χ3v) is 6.33. The van der Waals surface area contributed by atoms with Crippen molar-refractivity contribution in [2.75, 3.05) is 33.7 Å². The van der Waals surface area contributed by atoms with Gasteiger partial charge in [-0.15, -0.1) is 0 Å². The van der Waals surface area contributed by atoms with Gasteiger partial charge in [-0.2, -0.15) is 0 Å². The lowest BCUT2D eigenvalue weighted by molar-refractivity contribution is -0.133. The molecule has 2 heterocycles. The van der Waals surface area contributed by atoms with Crippen LogP contribution < -0.4 is 0 Å². The van der Waals surface area contributed by atoms with Crippen LogP contribution >= 0.6 is 0 Å². The minimum atomic E-state index is 0.334. The van der Waals surface area contributed by atoms with Gasteiger partial charge in [0, 0.05) is 49.2 Å². The van der Waals surface area contributed by atoms with Crippen molar-refractivity contribution in [1.82, 2.24) is 14.4 Å². The van der Waals surface area contributed by atoms with E-state index in [1.165, 1.54) is 47.8 Å². The lowest BCUT2D eigenvalue weighted by atomic mass is 9.95. The Hall–Kier alpha value is -1.81. The van der Waals surface area contributed by atoms with Gasteiger partial charge in [-0.05, 0) is 70.2 Å². The molecular formula is C23H33N3O. The number of amides is 1. The molecular weight excluding hydrogens is 334 g/mol. The maximum absolute atomic E-state index is 12.9. The summed E-state index contributed by atoms with van der Waals surface area (Å²) in [5.41, 5.74) is 4.34. The van der Waals surface area contributed by atoms with Gasteiger partial charge in [-0.1, -0.05) is 18.2 Å². The molecule has 0 saturated carbocycles. The number of likely N-dealkylation sites (tertiary alicyclic amines) is 1. The number of carbonyl (C=O) groups is 1. The molecule has 0 spiro atoms. The largest absolute Gasteiger partial charge is 0.344 e. The van der Waals surface area contributed by atoms with Crippen molar-refractivity contribution in [2.45, 2.75) is 51.5 Å². The molecule has 1 aliphatic carbocycles. The Bertz CT molecular complexity index is 807. The zero-order chi connectivity index (χ0) is 18.8. The first kappa shape index (κ1) is 18.5. The first-order valence-electron chi connectivity index (χ1n) is 10.6. The highest BCUT2D eigenvalue weighted by Crippen LogP contribution is 2.32. The van der Waals surface area contributed by atoms with Gasteiger partial charge in [0.2, 0.25) is 5.91 Å². The summed E-state index contributed by atoms with van der Waals surface area (Å²) >= 11 is 0. The van der Waals surface area contributed by atoms with Crippen molar-refractivity contribution in [1.29, 1.82) is 0 Å². The lowest BCUT2D eigenvalue weighted by Crippen LogP contribution is -2.43. The van der Waals surface area contributed by atoms with E-state index in [1.807, 2.05) is 0 Å². The Kier molecular flexibility index (Phi) is 5.53. The minimum absolute atomic E-state index is 0.334. The van der Waals surface area contributed by atoms with E-state index in [0.29, 0.717) is 18.2 Å². The smallest absolute Gasteiger partial charge is 0.224 e. The van der Waals surface area contributed by atoms with Gasteiger partial charge >= 0.3 is 0 Å². The molecule has 0 N–H and O–H groups in total. The van der Waals surface area contributed by atoms with Gasteiger partial charge < -0.3 is 14.4 Å². The fraction of sp³-hybridized carbons (Fsp3) is 0.609. The molecule has 1 atom stereocenters. The fourth-order valence-corrected chi connectivity index (χ4v) is 5.16. The number of para-hydroxylation sites is 1. The van der Waals surface area contributed by atoms with E-state index >= 15 is 0 Å². The molecule has 1 amide bonds. The van der Waals surface area contributed by atoms with E-state index in [9.17, 15) is 4.79 Å². The third kappa shape index (κ3) is 3.91. The third-order valence-electron chi connectivity index (χ3n) is 6.33. The second kappa shape index (κ2) is 8.05. The highest BCUT2D eigenvalue weighted by molar-refractivity contribution is 5.86. The van der Waals surface area contributed by atoms with Crippen LogP contribution in [0.3, 0.4) is 0 Å². The summed E-state index contributed by atoms with van der Waals surface area (Å²) < 4.78 is 2.45. The summed E-state index contributed by atoms with van der Waals surface area (Å²) in [5, 5.41) is 1.41. The fourth-order valence-electron chi connectivity index (χ4n) is 5.16. The Balaban J connectivity index is 1.46. The van der Waals surface area contributed by atoms with Gasteiger partial charge in [0.05, 0.1) is 0 Å². The Morgan fingerprint density at radius 1 is 1.15 bits per heavy atom. The Labute approximate surface area is 163 Å². The van der Waals surface area contributed by atoms with Crippen molar-refractivity contribution in [3.8, 4) is 0 Å². The molecule has 0 bridgehead atoms. The monoisotopic (exact) mass is 367 g/mol. The molecule has 1 aliphatic heterocycles. The van der Waals surface area contributed by atoms with Crippen molar-refractivity contribution in [2.24, 2.45) is 5.92 Å². The van der Waals surface area contributed by atoms with Gasteiger partial charge in [0.15, 0.2) is 0 Å². The first-order valence-corrected chi connectivity index (χ1v) is 10.6. The van der Waals surface area contributed by atoms with Crippen LogP contribution in [-0.2, 0) is 24.2 Å². The van der Waals surface area contributed by atoms with Crippen LogP contribution in [0.15, 0.2) is 24.3 Å². The van der Waals surface area contributed by atoms with E-state index in [4.69, 9.17) is 0 Å². The van der Waals surface area contributed by atoms with Gasteiger partial charge in [-0.3, -0.25) is 4.79 Å². The van der Waals surface area contributed by atoms with Gasteiger partial charge in [0.25, 0.3) is 0 Å². The van der Waals surface area contributed by atoms with Crippen LogP contribution in [0.25, 0.3) is 10.9 Å². The standard InChI is InChI=1S/C23H33N3O/c1-24(2)16-18-8-7-14-25(17-18)23(27)13-15-26-21-11-5-3-9-19(21)20-10-4-6-12-22(20)26/h3,5,9,11,18H,4,6-8,10,12-17H2,1-2H3/t18-/m0/s1. The average Bonchev–Trinajstić information content (AvgIpc) is 3.00. The van der Waals surface area contributed by atoms with Crippen LogP contribution in [0.5, 0.6) is 0 Å². The quantitative estimate of drug-likeness (QED) is 0.806. The number of aromatic nitrogens is 1. The number of carbonyl (C=O) groups excluding carboxylic acids is 1. The minimum Gasteiger partial charge on any atom is -0.344 e. The predicted octanol–water partition coefficient (Wildman–Crippen LogP) is 3.71. The SMILES string of the molecule is CN(C)C[C@@H]1CCCN(C(=O)CCn2c3c(c4ccccc42)CCCC3)C1.